The van der Waals surface area contributed by atoms with Gasteiger partial charge in [-0.15, -0.1) is 0 Å². The SMILES string of the molecule is Cc1ccc(S(=O)(=O)N2c3ccc(C(O)(C(F)(F)F)C(F)(F)F)cc3CCC2CC(=O)NCC(F)(F)C(C)(C)O)cc1. The number of hydrogen-bond donors (Lipinski definition) is 3. The maximum Gasteiger partial charge on any atom is 0.430 e. The third kappa shape index (κ3) is 6.20. The number of rotatable bonds is 8. The van der Waals surface area contributed by atoms with E-state index in [9.17, 15) is 58.5 Å². The van der Waals surface area contributed by atoms with Crippen LogP contribution in [-0.2, 0) is 26.8 Å². The van der Waals surface area contributed by atoms with E-state index in [1.165, 1.54) is 24.3 Å². The van der Waals surface area contributed by atoms with Gasteiger partial charge in [0, 0.05) is 12.0 Å². The molecule has 0 aromatic heterocycles. The normalized spacial score (nSPS) is 17.2. The Labute approximate surface area is 236 Å². The Morgan fingerprint density at radius 1 is 0.952 bits per heavy atom. The molecule has 16 heteroatoms. The number of amides is 1. The lowest BCUT2D eigenvalue weighted by molar-refractivity contribution is -0.376. The molecule has 7 nitrogen and oxygen atoms in total. The maximum atomic E-state index is 14.1. The lowest BCUT2D eigenvalue weighted by Crippen LogP contribution is -2.54. The van der Waals surface area contributed by atoms with Gasteiger partial charge in [0.2, 0.25) is 5.91 Å². The highest BCUT2D eigenvalue weighted by Crippen LogP contribution is 2.51. The smallest absolute Gasteiger partial charge is 0.384 e. The van der Waals surface area contributed by atoms with E-state index in [1.807, 2.05) is 5.32 Å². The molecule has 1 heterocycles. The monoisotopic (exact) mass is 632 g/mol. The van der Waals surface area contributed by atoms with Gasteiger partial charge in [-0.25, -0.2) is 17.2 Å². The molecule has 3 N–H and O–H groups in total. The molecule has 1 aliphatic rings. The van der Waals surface area contributed by atoms with Gasteiger partial charge in [-0.1, -0.05) is 29.8 Å². The Morgan fingerprint density at radius 2 is 1.50 bits per heavy atom. The molecule has 42 heavy (non-hydrogen) atoms. The largest absolute Gasteiger partial charge is 0.430 e. The van der Waals surface area contributed by atoms with Crippen molar-refractivity contribution < 1.29 is 58.5 Å². The van der Waals surface area contributed by atoms with Crippen molar-refractivity contribution in [3.05, 3.63) is 59.2 Å². The third-order valence-electron chi connectivity index (χ3n) is 7.04. The van der Waals surface area contributed by atoms with Crippen molar-refractivity contribution in [2.75, 3.05) is 10.8 Å². The van der Waals surface area contributed by atoms with Crippen molar-refractivity contribution in [1.82, 2.24) is 5.32 Å². The Kier molecular flexibility index (Phi) is 8.73. The van der Waals surface area contributed by atoms with Crippen molar-refractivity contribution >= 4 is 21.6 Å². The highest BCUT2D eigenvalue weighted by Gasteiger charge is 2.71. The first-order valence-electron chi connectivity index (χ1n) is 12.4. The zero-order valence-corrected chi connectivity index (χ0v) is 23.3. The van der Waals surface area contributed by atoms with Gasteiger partial charge < -0.3 is 15.5 Å². The predicted octanol–water partition coefficient (Wildman–Crippen LogP) is 4.73. The molecule has 0 saturated heterocycles. The van der Waals surface area contributed by atoms with Crippen LogP contribution in [0.5, 0.6) is 0 Å². The average Bonchev–Trinajstić information content (AvgIpc) is 2.84. The molecule has 0 fully saturated rings. The molecule has 234 valence electrons. The molecule has 0 bridgehead atoms. The fourth-order valence-corrected chi connectivity index (χ4v) is 6.11. The molecule has 1 unspecified atom stereocenters. The Balaban J connectivity index is 2.08. The van der Waals surface area contributed by atoms with E-state index >= 15 is 0 Å². The van der Waals surface area contributed by atoms with Gasteiger partial charge in [-0.2, -0.15) is 26.3 Å². The molecule has 0 aliphatic carbocycles. The zero-order valence-electron chi connectivity index (χ0n) is 22.4. The summed E-state index contributed by atoms with van der Waals surface area (Å²) >= 11 is 0. The molecule has 3 rings (SSSR count). The first-order chi connectivity index (χ1) is 18.9. The van der Waals surface area contributed by atoms with E-state index in [0.29, 0.717) is 28.1 Å². The van der Waals surface area contributed by atoms with Crippen LogP contribution in [0.2, 0.25) is 0 Å². The molecule has 2 aromatic rings. The van der Waals surface area contributed by atoms with E-state index in [2.05, 4.69) is 0 Å². The van der Waals surface area contributed by atoms with Gasteiger partial charge >= 0.3 is 12.4 Å². The number of halogens is 8. The van der Waals surface area contributed by atoms with Crippen LogP contribution in [0.1, 0.15) is 43.4 Å². The van der Waals surface area contributed by atoms with E-state index in [4.69, 9.17) is 0 Å². The minimum absolute atomic E-state index is 0.291. The number of carbonyl (C=O) groups excluding carboxylic acids is 1. The lowest BCUT2D eigenvalue weighted by Gasteiger charge is -2.39. The van der Waals surface area contributed by atoms with Crippen molar-refractivity contribution in [3.63, 3.8) is 0 Å². The second-order valence-electron chi connectivity index (χ2n) is 10.6. The number of alkyl halides is 8. The van der Waals surface area contributed by atoms with Crippen LogP contribution >= 0.6 is 0 Å². The minimum Gasteiger partial charge on any atom is -0.384 e. The second-order valence-corrected chi connectivity index (χ2v) is 12.4. The summed E-state index contributed by atoms with van der Waals surface area (Å²) in [6.07, 6.45) is -13.7. The second kappa shape index (κ2) is 10.9. The van der Waals surface area contributed by atoms with Crippen LogP contribution in [0.4, 0.5) is 40.8 Å². The first kappa shape index (κ1) is 33.5. The maximum absolute atomic E-state index is 14.1. The Bertz CT molecular complexity index is 1400. The summed E-state index contributed by atoms with van der Waals surface area (Å²) in [5.41, 5.74) is -9.31. The molecule has 0 saturated carbocycles. The highest BCUT2D eigenvalue weighted by molar-refractivity contribution is 7.92. The number of carbonyl (C=O) groups is 1. The van der Waals surface area contributed by atoms with Crippen molar-refractivity contribution in [2.45, 2.75) is 80.4 Å². The number of sulfonamides is 1. The van der Waals surface area contributed by atoms with Gasteiger partial charge in [0.15, 0.2) is 0 Å². The van der Waals surface area contributed by atoms with Crippen LogP contribution < -0.4 is 9.62 Å². The number of nitrogens with one attached hydrogen (secondary N) is 1. The number of anilines is 1. The fraction of sp³-hybridized carbons (Fsp3) is 0.500. The first-order valence-corrected chi connectivity index (χ1v) is 13.8. The molecule has 0 spiro atoms. The quantitative estimate of drug-likeness (QED) is 0.365. The summed E-state index contributed by atoms with van der Waals surface area (Å²) in [6, 6.07) is 5.39. The van der Waals surface area contributed by atoms with Crippen LogP contribution in [0.15, 0.2) is 47.4 Å². The fourth-order valence-electron chi connectivity index (χ4n) is 4.40. The summed E-state index contributed by atoms with van der Waals surface area (Å²) in [4.78, 5) is 12.3. The molecular weight excluding hydrogens is 604 g/mol. The van der Waals surface area contributed by atoms with Crippen molar-refractivity contribution in [2.24, 2.45) is 0 Å². The number of hydrogen-bond acceptors (Lipinski definition) is 5. The topological polar surface area (TPSA) is 107 Å². The Morgan fingerprint density at radius 3 is 2.00 bits per heavy atom. The number of nitrogens with zero attached hydrogens (tertiary/aromatic N) is 1. The number of benzene rings is 2. The average molecular weight is 633 g/mol. The highest BCUT2D eigenvalue weighted by atomic mass is 32.2. The molecule has 2 aromatic carbocycles. The lowest BCUT2D eigenvalue weighted by atomic mass is 9.87. The van der Waals surface area contributed by atoms with E-state index < -0.39 is 70.0 Å². The minimum atomic E-state index is -6.17. The van der Waals surface area contributed by atoms with Gasteiger partial charge in [-0.3, -0.25) is 9.10 Å². The summed E-state index contributed by atoms with van der Waals surface area (Å²) in [7, 11) is -4.60. The van der Waals surface area contributed by atoms with E-state index in [0.717, 1.165) is 13.8 Å². The summed E-state index contributed by atoms with van der Waals surface area (Å²) in [6.45, 7) is 2.01. The molecule has 1 amide bonds. The Hall–Kier alpha value is -2.98. The van der Waals surface area contributed by atoms with Gasteiger partial charge in [0.25, 0.3) is 21.5 Å². The van der Waals surface area contributed by atoms with Crippen LogP contribution in [-0.4, -0.2) is 61.0 Å². The van der Waals surface area contributed by atoms with Gasteiger partial charge in [0.05, 0.1) is 23.2 Å². The molecule has 1 aliphatic heterocycles. The number of fused-ring (bicyclic) bond motifs is 1. The van der Waals surface area contributed by atoms with Gasteiger partial charge in [-0.05, 0) is 57.4 Å². The van der Waals surface area contributed by atoms with Crippen molar-refractivity contribution in [1.29, 1.82) is 0 Å². The van der Waals surface area contributed by atoms with Crippen LogP contribution in [0.3, 0.4) is 0 Å². The van der Waals surface area contributed by atoms with Gasteiger partial charge in [0.1, 0.15) is 5.60 Å². The zero-order chi connectivity index (χ0) is 32.1. The number of aliphatic hydroxyl groups is 2. The standard InChI is InChI=1S/C26H28F8N2O5S/c1-15-4-9-19(10-5-15)42(40,41)36-18(13-21(37)35-14-23(27,28)22(2,3)38)8-6-16-12-17(7-11-20(16)36)24(39,25(29,30)31)26(32,33)34/h4-5,7,9-12,18,38-39H,6,8,13-14H2,1-3H3,(H,35,37). The summed E-state index contributed by atoms with van der Waals surface area (Å²) in [5, 5.41) is 21.4. The third-order valence-corrected chi connectivity index (χ3v) is 8.92. The number of aryl methyl sites for hydroxylation is 2. The van der Waals surface area contributed by atoms with Crippen LogP contribution in [0.25, 0.3) is 0 Å². The van der Waals surface area contributed by atoms with E-state index in [-0.39, 0.29) is 29.0 Å². The molecule has 0 radical (unpaired) electrons. The molecular formula is C26H28F8N2O5S. The molecule has 1 atom stereocenters. The van der Waals surface area contributed by atoms with E-state index in [1.54, 1.807) is 6.92 Å². The predicted molar refractivity (Wildman–Crippen MR) is 134 cm³/mol. The summed E-state index contributed by atoms with van der Waals surface area (Å²) < 4.78 is 137. The van der Waals surface area contributed by atoms with Crippen LogP contribution in [0, 0.1) is 6.92 Å². The van der Waals surface area contributed by atoms with Crippen molar-refractivity contribution in [3.8, 4) is 0 Å². The summed E-state index contributed by atoms with van der Waals surface area (Å²) in [5.74, 6) is -4.81.